The van der Waals surface area contributed by atoms with E-state index in [2.05, 4.69) is 10.1 Å². The maximum atomic E-state index is 12.9. The predicted molar refractivity (Wildman–Crippen MR) is 54.9 cm³/mol. The van der Waals surface area contributed by atoms with E-state index in [1.807, 2.05) is 0 Å². The number of aromatic nitrogens is 3. The molecule has 0 amide bonds. The first-order chi connectivity index (χ1) is 7.08. The molecule has 0 aliphatic carbocycles. The Kier molecular flexibility index (Phi) is 2.03. The van der Waals surface area contributed by atoms with Crippen molar-refractivity contribution in [3.05, 3.63) is 29.6 Å². The fraction of sp³-hybridized carbons (Fsp3) is 0.111. The van der Waals surface area contributed by atoms with Crippen molar-refractivity contribution in [3.8, 4) is 5.69 Å². The smallest absolute Gasteiger partial charge is 0.241 e. The second-order valence-electron chi connectivity index (χ2n) is 3.17. The molecule has 0 aliphatic heterocycles. The van der Waals surface area contributed by atoms with Gasteiger partial charge >= 0.3 is 0 Å². The number of rotatable bonds is 1. The SMILES string of the molecule is Cc1cc(F)ccc1-n1nc(N)nc1N. The summed E-state index contributed by atoms with van der Waals surface area (Å²) in [6, 6.07) is 4.31. The largest absolute Gasteiger partial charge is 0.368 e. The highest BCUT2D eigenvalue weighted by Gasteiger charge is 2.09. The van der Waals surface area contributed by atoms with Crippen molar-refractivity contribution in [2.24, 2.45) is 0 Å². The Balaban J connectivity index is 2.59. The third-order valence-corrected chi connectivity index (χ3v) is 2.04. The molecule has 1 heterocycles. The van der Waals surface area contributed by atoms with Crippen LogP contribution in [0.2, 0.25) is 0 Å². The van der Waals surface area contributed by atoms with Gasteiger partial charge in [-0.25, -0.2) is 4.39 Å². The van der Waals surface area contributed by atoms with Gasteiger partial charge in [0.05, 0.1) is 5.69 Å². The number of nitrogens with two attached hydrogens (primary N) is 2. The number of hydrogen-bond acceptors (Lipinski definition) is 4. The molecule has 2 rings (SSSR count). The lowest BCUT2D eigenvalue weighted by Gasteiger charge is -2.05. The number of hydrogen-bond donors (Lipinski definition) is 2. The summed E-state index contributed by atoms with van der Waals surface area (Å²) in [6.07, 6.45) is 0. The zero-order valence-electron chi connectivity index (χ0n) is 8.11. The highest BCUT2D eigenvalue weighted by Crippen LogP contribution is 2.17. The summed E-state index contributed by atoms with van der Waals surface area (Å²) in [6.45, 7) is 1.76. The number of nitrogens with zero attached hydrogens (tertiary/aromatic N) is 3. The molecule has 0 aliphatic rings. The van der Waals surface area contributed by atoms with Crippen molar-refractivity contribution < 1.29 is 4.39 Å². The molecule has 1 aromatic heterocycles. The highest BCUT2D eigenvalue weighted by molar-refractivity contribution is 5.45. The van der Waals surface area contributed by atoms with Gasteiger partial charge in [0.1, 0.15) is 5.82 Å². The lowest BCUT2D eigenvalue weighted by Crippen LogP contribution is -2.04. The van der Waals surface area contributed by atoms with Gasteiger partial charge < -0.3 is 11.5 Å². The molecule has 6 heteroatoms. The van der Waals surface area contributed by atoms with Crippen LogP contribution in [0.3, 0.4) is 0 Å². The third-order valence-electron chi connectivity index (χ3n) is 2.04. The first kappa shape index (κ1) is 9.45. The number of anilines is 2. The molecule has 0 saturated carbocycles. The minimum Gasteiger partial charge on any atom is -0.368 e. The Labute approximate surface area is 85.5 Å². The Morgan fingerprint density at radius 1 is 1.33 bits per heavy atom. The molecule has 0 fully saturated rings. The molecule has 0 saturated heterocycles. The predicted octanol–water partition coefficient (Wildman–Crippen LogP) is 0.879. The summed E-state index contributed by atoms with van der Waals surface area (Å²) in [7, 11) is 0. The van der Waals surface area contributed by atoms with Crippen LogP contribution in [0.4, 0.5) is 16.3 Å². The first-order valence-electron chi connectivity index (χ1n) is 4.32. The van der Waals surface area contributed by atoms with Gasteiger partial charge in [0.25, 0.3) is 0 Å². The normalized spacial score (nSPS) is 10.5. The van der Waals surface area contributed by atoms with Crippen LogP contribution in [0.1, 0.15) is 5.56 Å². The highest BCUT2D eigenvalue weighted by atomic mass is 19.1. The van der Waals surface area contributed by atoms with Gasteiger partial charge in [0.2, 0.25) is 11.9 Å². The van der Waals surface area contributed by atoms with Crippen molar-refractivity contribution in [2.75, 3.05) is 11.5 Å². The fourth-order valence-corrected chi connectivity index (χ4v) is 1.37. The van der Waals surface area contributed by atoms with E-state index in [9.17, 15) is 4.39 Å². The Hall–Kier alpha value is -2.11. The minimum atomic E-state index is -0.303. The molecular formula is C9H10FN5. The van der Waals surface area contributed by atoms with Gasteiger partial charge in [-0.3, -0.25) is 0 Å². The molecule has 0 atom stereocenters. The van der Waals surface area contributed by atoms with Crippen LogP contribution in [0.15, 0.2) is 18.2 Å². The molecule has 1 aromatic carbocycles. The lowest BCUT2D eigenvalue weighted by atomic mass is 10.2. The quantitative estimate of drug-likeness (QED) is 0.727. The van der Waals surface area contributed by atoms with E-state index in [4.69, 9.17) is 11.5 Å². The number of aryl methyl sites for hydroxylation is 1. The number of benzene rings is 1. The summed E-state index contributed by atoms with van der Waals surface area (Å²) in [5.74, 6) is -0.0265. The van der Waals surface area contributed by atoms with E-state index >= 15 is 0 Å². The fourth-order valence-electron chi connectivity index (χ4n) is 1.37. The molecule has 0 radical (unpaired) electrons. The molecule has 5 nitrogen and oxygen atoms in total. The summed E-state index contributed by atoms with van der Waals surface area (Å²) in [5.41, 5.74) is 12.4. The Bertz CT molecular complexity index is 505. The van der Waals surface area contributed by atoms with E-state index in [1.54, 1.807) is 13.0 Å². The summed E-state index contributed by atoms with van der Waals surface area (Å²) < 4.78 is 14.2. The second kappa shape index (κ2) is 3.23. The molecule has 2 aromatic rings. The van der Waals surface area contributed by atoms with Gasteiger partial charge in [-0.05, 0) is 30.7 Å². The molecule has 0 spiro atoms. The standard InChI is InChI=1S/C9H10FN5/c1-5-4-6(10)2-3-7(5)15-9(12)13-8(11)14-15/h2-4H,1H3,(H4,11,12,13,14). The monoisotopic (exact) mass is 207 g/mol. The van der Waals surface area contributed by atoms with Crippen molar-refractivity contribution >= 4 is 11.9 Å². The van der Waals surface area contributed by atoms with Gasteiger partial charge in [-0.2, -0.15) is 9.67 Å². The van der Waals surface area contributed by atoms with Crippen molar-refractivity contribution in [3.63, 3.8) is 0 Å². The van der Waals surface area contributed by atoms with Gasteiger partial charge in [-0.1, -0.05) is 0 Å². The summed E-state index contributed by atoms with van der Waals surface area (Å²) in [4.78, 5) is 3.76. The van der Waals surface area contributed by atoms with Gasteiger partial charge in [-0.15, -0.1) is 5.10 Å². The lowest BCUT2D eigenvalue weighted by molar-refractivity contribution is 0.625. The molecule has 78 valence electrons. The van der Waals surface area contributed by atoms with E-state index in [0.717, 1.165) is 0 Å². The molecular weight excluding hydrogens is 197 g/mol. The van der Waals surface area contributed by atoms with E-state index in [-0.39, 0.29) is 17.7 Å². The zero-order valence-corrected chi connectivity index (χ0v) is 8.11. The third kappa shape index (κ3) is 1.61. The molecule has 0 unspecified atom stereocenters. The van der Waals surface area contributed by atoms with Crippen LogP contribution in [-0.4, -0.2) is 14.8 Å². The van der Waals surface area contributed by atoms with Crippen molar-refractivity contribution in [2.45, 2.75) is 6.92 Å². The average Bonchev–Trinajstić information content (AvgIpc) is 2.45. The maximum Gasteiger partial charge on any atom is 0.241 e. The van der Waals surface area contributed by atoms with E-state index < -0.39 is 0 Å². The second-order valence-corrected chi connectivity index (χ2v) is 3.17. The zero-order chi connectivity index (χ0) is 11.0. The van der Waals surface area contributed by atoms with Crippen LogP contribution in [0, 0.1) is 12.7 Å². The molecule has 4 N–H and O–H groups in total. The van der Waals surface area contributed by atoms with E-state index in [0.29, 0.717) is 11.3 Å². The van der Waals surface area contributed by atoms with Crippen molar-refractivity contribution in [1.82, 2.24) is 14.8 Å². The molecule has 0 bridgehead atoms. The maximum absolute atomic E-state index is 12.9. The number of nitrogen functional groups attached to an aromatic ring is 2. The minimum absolute atomic E-state index is 0.0937. The van der Waals surface area contributed by atoms with Crippen LogP contribution < -0.4 is 11.5 Å². The van der Waals surface area contributed by atoms with Crippen LogP contribution in [-0.2, 0) is 0 Å². The summed E-state index contributed by atoms with van der Waals surface area (Å²) in [5, 5.41) is 3.91. The Morgan fingerprint density at radius 2 is 2.07 bits per heavy atom. The first-order valence-corrected chi connectivity index (χ1v) is 4.32. The van der Waals surface area contributed by atoms with Crippen LogP contribution in [0.5, 0.6) is 0 Å². The van der Waals surface area contributed by atoms with E-state index in [1.165, 1.54) is 16.8 Å². The number of halogens is 1. The summed E-state index contributed by atoms with van der Waals surface area (Å²) >= 11 is 0. The van der Waals surface area contributed by atoms with Crippen LogP contribution >= 0.6 is 0 Å². The van der Waals surface area contributed by atoms with Gasteiger partial charge in [0, 0.05) is 0 Å². The van der Waals surface area contributed by atoms with Crippen molar-refractivity contribution in [1.29, 1.82) is 0 Å². The molecule has 15 heavy (non-hydrogen) atoms. The topological polar surface area (TPSA) is 82.8 Å². The van der Waals surface area contributed by atoms with Gasteiger partial charge in [0.15, 0.2) is 0 Å². The average molecular weight is 207 g/mol. The Morgan fingerprint density at radius 3 is 2.60 bits per heavy atom. The van der Waals surface area contributed by atoms with Crippen LogP contribution in [0.25, 0.3) is 5.69 Å².